The summed E-state index contributed by atoms with van der Waals surface area (Å²) in [5.74, 6) is -0.956. The summed E-state index contributed by atoms with van der Waals surface area (Å²) in [7, 11) is 4.77. The second-order valence-electron chi connectivity index (χ2n) is 9.52. The number of amides is 3. The Labute approximate surface area is 221 Å². The van der Waals surface area contributed by atoms with E-state index in [0.717, 1.165) is 42.1 Å². The van der Waals surface area contributed by atoms with Crippen LogP contribution in [0, 0.1) is 5.92 Å². The van der Waals surface area contributed by atoms with E-state index in [-0.39, 0.29) is 44.8 Å². The zero-order valence-corrected chi connectivity index (χ0v) is 22.1. The first-order valence-corrected chi connectivity index (χ1v) is 12.7. The van der Waals surface area contributed by atoms with Crippen LogP contribution in [0.4, 0.5) is 10.5 Å². The molecule has 38 heavy (non-hydrogen) atoms. The first-order chi connectivity index (χ1) is 18.4. The van der Waals surface area contributed by atoms with Gasteiger partial charge in [-0.05, 0) is 43.0 Å². The maximum absolute atomic E-state index is 13.2. The minimum atomic E-state index is -1.01. The highest BCUT2D eigenvalue weighted by atomic mass is 16.7. The number of hydrogen-bond acceptors (Lipinski definition) is 10. The zero-order chi connectivity index (χ0) is 27.2. The molecule has 2 fully saturated rings. The van der Waals surface area contributed by atoms with Crippen molar-refractivity contribution in [1.82, 2.24) is 9.80 Å². The monoisotopic (exact) mass is 533 g/mol. The number of nitrogens with zero attached hydrogens (tertiary/aromatic N) is 3. The Hall–Kier alpha value is -3.22. The van der Waals surface area contributed by atoms with Gasteiger partial charge in [0.05, 0.1) is 6.61 Å². The molecule has 3 aliphatic heterocycles. The fraction of sp³-hybridized carbons (Fsp3) is 0.615. The third-order valence-corrected chi connectivity index (χ3v) is 7.35. The van der Waals surface area contributed by atoms with Gasteiger partial charge in [-0.1, -0.05) is 0 Å². The number of fused-ring (bicyclic) bond motifs is 1. The number of rotatable bonds is 10. The van der Waals surface area contributed by atoms with E-state index in [1.54, 1.807) is 14.2 Å². The smallest absolute Gasteiger partial charge is 0.432 e. The van der Waals surface area contributed by atoms with E-state index in [9.17, 15) is 19.2 Å². The number of piperidine rings is 2. The number of benzene rings is 1. The van der Waals surface area contributed by atoms with Gasteiger partial charge >= 0.3 is 6.16 Å². The van der Waals surface area contributed by atoms with Gasteiger partial charge in [0.25, 0.3) is 11.8 Å². The summed E-state index contributed by atoms with van der Waals surface area (Å²) < 4.78 is 25.4. The summed E-state index contributed by atoms with van der Waals surface area (Å²) in [6.07, 6.45) is 0.907. The Balaban J connectivity index is 1.38. The lowest BCUT2D eigenvalue weighted by Crippen LogP contribution is -2.55. The maximum Gasteiger partial charge on any atom is 0.510 e. The van der Waals surface area contributed by atoms with Crippen molar-refractivity contribution in [2.75, 3.05) is 59.3 Å². The van der Waals surface area contributed by atoms with Crippen molar-refractivity contribution in [3.05, 3.63) is 29.3 Å². The van der Waals surface area contributed by atoms with Crippen molar-refractivity contribution in [1.29, 1.82) is 0 Å². The molecule has 0 spiro atoms. The molecule has 12 heteroatoms. The minimum absolute atomic E-state index is 0.0127. The van der Waals surface area contributed by atoms with Crippen LogP contribution in [0.15, 0.2) is 18.2 Å². The summed E-state index contributed by atoms with van der Waals surface area (Å²) in [6, 6.07) is 4.93. The van der Waals surface area contributed by atoms with Gasteiger partial charge in [0.15, 0.2) is 13.0 Å². The zero-order valence-electron chi connectivity index (χ0n) is 22.1. The maximum atomic E-state index is 13.2. The van der Waals surface area contributed by atoms with E-state index in [1.165, 1.54) is 12.0 Å². The van der Waals surface area contributed by atoms with Gasteiger partial charge in [-0.15, -0.1) is 0 Å². The summed E-state index contributed by atoms with van der Waals surface area (Å²) in [6.45, 7) is 1.57. The molecule has 1 atom stereocenters. The van der Waals surface area contributed by atoms with Gasteiger partial charge in [-0.2, -0.15) is 0 Å². The molecule has 4 rings (SSSR count). The Morgan fingerprint density at radius 2 is 1.74 bits per heavy atom. The number of ether oxygens (including phenoxy) is 5. The van der Waals surface area contributed by atoms with Crippen LogP contribution in [0.5, 0.6) is 0 Å². The predicted molar refractivity (Wildman–Crippen MR) is 133 cm³/mol. The van der Waals surface area contributed by atoms with Gasteiger partial charge in [0.2, 0.25) is 5.91 Å². The lowest BCUT2D eigenvalue weighted by atomic mass is 9.95. The molecule has 1 aromatic rings. The normalized spacial score (nSPS) is 20.4. The molecule has 3 aliphatic rings. The number of likely N-dealkylation sites (tertiary alicyclic amines) is 1. The average Bonchev–Trinajstić information content (AvgIpc) is 3.25. The highest BCUT2D eigenvalue weighted by Gasteiger charge is 2.43. The minimum Gasteiger partial charge on any atom is -0.432 e. The van der Waals surface area contributed by atoms with Crippen molar-refractivity contribution in [3.63, 3.8) is 0 Å². The molecule has 208 valence electrons. The van der Waals surface area contributed by atoms with Crippen LogP contribution in [-0.4, -0.2) is 100 Å². The van der Waals surface area contributed by atoms with Gasteiger partial charge in [-0.3, -0.25) is 14.4 Å². The average molecular weight is 534 g/mol. The van der Waals surface area contributed by atoms with Crippen molar-refractivity contribution in [2.24, 2.45) is 5.92 Å². The summed E-state index contributed by atoms with van der Waals surface area (Å²) in [4.78, 5) is 55.2. The summed E-state index contributed by atoms with van der Waals surface area (Å²) >= 11 is 0. The van der Waals surface area contributed by atoms with Crippen LogP contribution in [0.3, 0.4) is 0 Å². The highest BCUT2D eigenvalue weighted by Crippen LogP contribution is 2.33. The third kappa shape index (κ3) is 5.92. The van der Waals surface area contributed by atoms with Crippen LogP contribution in [0.1, 0.15) is 41.6 Å². The Morgan fingerprint density at radius 1 is 1.00 bits per heavy atom. The second-order valence-corrected chi connectivity index (χ2v) is 9.52. The number of hydrogen-bond donors (Lipinski definition) is 0. The van der Waals surface area contributed by atoms with E-state index >= 15 is 0 Å². The Bertz CT molecular complexity index is 1040. The number of methoxy groups -OCH3 is 3. The highest BCUT2D eigenvalue weighted by molar-refractivity contribution is 6.05. The molecule has 0 saturated carbocycles. The molecule has 0 aliphatic carbocycles. The number of anilines is 1. The molecule has 1 unspecified atom stereocenters. The molecule has 3 heterocycles. The van der Waals surface area contributed by atoms with Crippen molar-refractivity contribution < 1.29 is 42.9 Å². The van der Waals surface area contributed by atoms with Crippen molar-refractivity contribution >= 4 is 29.6 Å². The van der Waals surface area contributed by atoms with Crippen LogP contribution in [0.25, 0.3) is 0 Å². The van der Waals surface area contributed by atoms with Gasteiger partial charge in [0.1, 0.15) is 12.6 Å². The number of imide groups is 1. The summed E-state index contributed by atoms with van der Waals surface area (Å²) in [5, 5.41) is 0. The first kappa shape index (κ1) is 27.8. The molecule has 0 radical (unpaired) electrons. The van der Waals surface area contributed by atoms with Gasteiger partial charge in [0, 0.05) is 64.6 Å². The molecule has 2 saturated heterocycles. The standard InChI is InChI=1S/C26H35N3O9/c1-34-12-13-37-26(33)38-16-29-22(30)7-6-21(24(29)32)28-15-18-14-19(4-5-20(18)23(28)31)27-10-8-17(9-11-27)25(35-2)36-3/h4-5,14,17,21,25H,6-13,15-16H2,1-3H3. The molecule has 3 amide bonds. The molecule has 1 aromatic carbocycles. The third-order valence-electron chi connectivity index (χ3n) is 7.35. The van der Waals surface area contributed by atoms with E-state index < -0.39 is 30.7 Å². The van der Waals surface area contributed by atoms with Gasteiger partial charge < -0.3 is 33.5 Å². The summed E-state index contributed by atoms with van der Waals surface area (Å²) in [5.41, 5.74) is 2.42. The van der Waals surface area contributed by atoms with Gasteiger partial charge in [-0.25, -0.2) is 9.69 Å². The fourth-order valence-electron chi connectivity index (χ4n) is 5.30. The predicted octanol–water partition coefficient (Wildman–Crippen LogP) is 1.75. The molecule has 0 N–H and O–H groups in total. The number of carbonyl (C=O) groups is 4. The van der Waals surface area contributed by atoms with Crippen LogP contribution < -0.4 is 4.90 Å². The largest absolute Gasteiger partial charge is 0.510 e. The molecule has 0 aromatic heterocycles. The second kappa shape index (κ2) is 12.5. The number of carbonyl (C=O) groups excluding carboxylic acids is 4. The lowest BCUT2D eigenvalue weighted by Gasteiger charge is -2.36. The molecular formula is C26H35N3O9. The lowest BCUT2D eigenvalue weighted by molar-refractivity contribution is -0.157. The topological polar surface area (TPSA) is 124 Å². The Kier molecular flexibility index (Phi) is 9.18. The fourth-order valence-corrected chi connectivity index (χ4v) is 5.30. The molecule has 12 nitrogen and oxygen atoms in total. The van der Waals surface area contributed by atoms with E-state index in [0.29, 0.717) is 11.5 Å². The van der Waals surface area contributed by atoms with Crippen LogP contribution in [0.2, 0.25) is 0 Å². The quantitative estimate of drug-likeness (QED) is 0.190. The first-order valence-electron chi connectivity index (χ1n) is 12.7. The van der Waals surface area contributed by atoms with E-state index in [2.05, 4.69) is 4.90 Å². The van der Waals surface area contributed by atoms with Crippen molar-refractivity contribution in [3.8, 4) is 0 Å². The van der Waals surface area contributed by atoms with Crippen molar-refractivity contribution in [2.45, 2.75) is 44.6 Å². The molecule has 0 bridgehead atoms. The van der Waals surface area contributed by atoms with Crippen LogP contribution >= 0.6 is 0 Å². The molecular weight excluding hydrogens is 498 g/mol. The van der Waals surface area contributed by atoms with Crippen LogP contribution in [-0.2, 0) is 39.8 Å². The SMILES string of the molecule is COCCOC(=O)OCN1C(=O)CCC(N2Cc3cc(N4CCC(C(OC)OC)CC4)ccc3C2=O)C1=O. The van der Waals surface area contributed by atoms with E-state index in [1.807, 2.05) is 18.2 Å². The Morgan fingerprint density at radius 3 is 2.42 bits per heavy atom. The van der Waals surface area contributed by atoms with E-state index in [4.69, 9.17) is 23.7 Å².